The van der Waals surface area contributed by atoms with E-state index in [1.54, 1.807) is 6.20 Å². The third kappa shape index (κ3) is 3.68. The topological polar surface area (TPSA) is 58.1 Å². The minimum Gasteiger partial charge on any atom is -0.350 e. The first-order valence-electron chi connectivity index (χ1n) is 7.65. The van der Waals surface area contributed by atoms with Gasteiger partial charge in [0.25, 0.3) is 0 Å². The van der Waals surface area contributed by atoms with Crippen molar-refractivity contribution >= 4 is 11.9 Å². The van der Waals surface area contributed by atoms with Crippen molar-refractivity contribution < 1.29 is 4.79 Å². The zero-order valence-electron chi connectivity index (χ0n) is 11.8. The van der Waals surface area contributed by atoms with Gasteiger partial charge in [0.1, 0.15) is 0 Å². The predicted molar refractivity (Wildman–Crippen MR) is 77.3 cm³/mol. The molecule has 1 saturated carbocycles. The number of carbonyl (C=O) groups excluding carboxylic acids is 1. The van der Waals surface area contributed by atoms with Crippen LogP contribution in [0.4, 0.5) is 5.95 Å². The molecule has 0 aromatic carbocycles. The summed E-state index contributed by atoms with van der Waals surface area (Å²) in [5.41, 5.74) is 0.893. The minimum absolute atomic E-state index is 0.144. The van der Waals surface area contributed by atoms with E-state index in [0.717, 1.165) is 24.7 Å². The molecule has 2 aliphatic rings. The van der Waals surface area contributed by atoms with E-state index >= 15 is 0 Å². The van der Waals surface area contributed by atoms with Crippen molar-refractivity contribution in [2.24, 2.45) is 5.92 Å². The standard InChI is InChI=1S/C15H22N4O/c20-14(10-12-4-5-12)17-11-13-6-7-16-15(18-13)19-8-2-1-3-9-19/h6-7,12H,1-5,8-11H2,(H,17,20). The predicted octanol–water partition coefficient (Wildman–Crippen LogP) is 1.88. The Bertz CT molecular complexity index is 467. The second-order valence-corrected chi connectivity index (χ2v) is 5.82. The van der Waals surface area contributed by atoms with Gasteiger partial charge in [-0.2, -0.15) is 0 Å². The Balaban J connectivity index is 1.54. The number of anilines is 1. The molecule has 2 fully saturated rings. The number of amides is 1. The Morgan fingerprint density at radius 1 is 1.30 bits per heavy atom. The largest absolute Gasteiger partial charge is 0.350 e. The fourth-order valence-electron chi connectivity index (χ4n) is 2.57. The van der Waals surface area contributed by atoms with Crippen LogP contribution >= 0.6 is 0 Å². The maximum absolute atomic E-state index is 11.7. The normalized spacial score (nSPS) is 18.9. The number of aromatic nitrogens is 2. The highest BCUT2D eigenvalue weighted by Crippen LogP contribution is 2.32. The Kier molecular flexibility index (Phi) is 4.14. The summed E-state index contributed by atoms with van der Waals surface area (Å²) >= 11 is 0. The number of nitrogens with zero attached hydrogens (tertiary/aromatic N) is 3. The van der Waals surface area contributed by atoms with E-state index in [2.05, 4.69) is 20.2 Å². The average molecular weight is 274 g/mol. The first-order valence-corrected chi connectivity index (χ1v) is 7.65. The highest BCUT2D eigenvalue weighted by atomic mass is 16.1. The van der Waals surface area contributed by atoms with Crippen molar-refractivity contribution in [1.29, 1.82) is 0 Å². The summed E-state index contributed by atoms with van der Waals surface area (Å²) in [7, 11) is 0. The summed E-state index contributed by atoms with van der Waals surface area (Å²) in [6.45, 7) is 2.59. The molecule has 0 spiro atoms. The van der Waals surface area contributed by atoms with Crippen LogP contribution < -0.4 is 10.2 Å². The van der Waals surface area contributed by atoms with Crippen molar-refractivity contribution in [1.82, 2.24) is 15.3 Å². The van der Waals surface area contributed by atoms with Crippen molar-refractivity contribution in [2.45, 2.75) is 45.1 Å². The van der Waals surface area contributed by atoms with E-state index in [4.69, 9.17) is 0 Å². The maximum Gasteiger partial charge on any atom is 0.225 e. The fraction of sp³-hybridized carbons (Fsp3) is 0.667. The summed E-state index contributed by atoms with van der Waals surface area (Å²) in [5, 5.41) is 2.95. The van der Waals surface area contributed by atoms with Crippen LogP contribution in [-0.4, -0.2) is 29.0 Å². The lowest BCUT2D eigenvalue weighted by molar-refractivity contribution is -0.121. The number of hydrogen-bond acceptors (Lipinski definition) is 4. The number of piperidine rings is 1. The molecule has 1 aliphatic heterocycles. The lowest BCUT2D eigenvalue weighted by atomic mass is 10.1. The maximum atomic E-state index is 11.7. The van der Waals surface area contributed by atoms with Crippen LogP contribution in [0.15, 0.2) is 12.3 Å². The summed E-state index contributed by atoms with van der Waals surface area (Å²) in [6.07, 6.45) is 8.61. The smallest absolute Gasteiger partial charge is 0.225 e. The van der Waals surface area contributed by atoms with Gasteiger partial charge < -0.3 is 10.2 Å². The molecule has 1 saturated heterocycles. The molecule has 0 unspecified atom stereocenters. The highest BCUT2D eigenvalue weighted by molar-refractivity contribution is 5.76. The lowest BCUT2D eigenvalue weighted by Crippen LogP contribution is -2.31. The van der Waals surface area contributed by atoms with Crippen molar-refractivity contribution in [3.63, 3.8) is 0 Å². The first-order chi connectivity index (χ1) is 9.81. The lowest BCUT2D eigenvalue weighted by Gasteiger charge is -2.26. The van der Waals surface area contributed by atoms with Gasteiger partial charge in [0.05, 0.1) is 12.2 Å². The van der Waals surface area contributed by atoms with E-state index in [9.17, 15) is 4.79 Å². The third-order valence-corrected chi connectivity index (χ3v) is 3.98. The molecule has 1 aromatic rings. The Hall–Kier alpha value is -1.65. The number of nitrogens with one attached hydrogen (secondary N) is 1. The van der Waals surface area contributed by atoms with E-state index in [0.29, 0.717) is 18.9 Å². The summed E-state index contributed by atoms with van der Waals surface area (Å²) in [5.74, 6) is 1.58. The molecule has 5 heteroatoms. The molecule has 0 radical (unpaired) electrons. The van der Waals surface area contributed by atoms with Gasteiger partial charge >= 0.3 is 0 Å². The molecular weight excluding hydrogens is 252 g/mol. The van der Waals surface area contributed by atoms with E-state index in [1.165, 1.54) is 32.1 Å². The van der Waals surface area contributed by atoms with Crippen molar-refractivity contribution in [3.8, 4) is 0 Å². The SMILES string of the molecule is O=C(CC1CC1)NCc1ccnc(N2CCCCC2)n1. The number of carbonyl (C=O) groups is 1. The molecule has 1 N–H and O–H groups in total. The monoisotopic (exact) mass is 274 g/mol. The quantitative estimate of drug-likeness (QED) is 0.890. The minimum atomic E-state index is 0.144. The van der Waals surface area contributed by atoms with Gasteiger partial charge in [-0.25, -0.2) is 9.97 Å². The van der Waals surface area contributed by atoms with Gasteiger partial charge in [0, 0.05) is 25.7 Å². The van der Waals surface area contributed by atoms with Crippen LogP contribution in [0.1, 0.15) is 44.2 Å². The molecular formula is C15H22N4O. The average Bonchev–Trinajstić information content (AvgIpc) is 3.30. The van der Waals surface area contributed by atoms with Crippen LogP contribution in [0.3, 0.4) is 0 Å². The van der Waals surface area contributed by atoms with Crippen LogP contribution in [0.5, 0.6) is 0 Å². The van der Waals surface area contributed by atoms with Gasteiger partial charge in [-0.3, -0.25) is 4.79 Å². The van der Waals surface area contributed by atoms with E-state index in [1.807, 2.05) is 6.07 Å². The third-order valence-electron chi connectivity index (χ3n) is 3.98. The van der Waals surface area contributed by atoms with Gasteiger partial charge in [0.15, 0.2) is 0 Å². The van der Waals surface area contributed by atoms with Crippen LogP contribution in [-0.2, 0) is 11.3 Å². The Morgan fingerprint density at radius 2 is 2.10 bits per heavy atom. The van der Waals surface area contributed by atoms with Crippen LogP contribution in [0.25, 0.3) is 0 Å². The second-order valence-electron chi connectivity index (χ2n) is 5.82. The van der Waals surface area contributed by atoms with Crippen molar-refractivity contribution in [3.05, 3.63) is 18.0 Å². The number of rotatable bonds is 5. The van der Waals surface area contributed by atoms with Gasteiger partial charge in [-0.05, 0) is 44.1 Å². The molecule has 20 heavy (non-hydrogen) atoms. The van der Waals surface area contributed by atoms with Gasteiger partial charge in [-0.15, -0.1) is 0 Å². The van der Waals surface area contributed by atoms with E-state index in [-0.39, 0.29) is 5.91 Å². The van der Waals surface area contributed by atoms with Crippen LogP contribution in [0, 0.1) is 5.92 Å². The molecule has 0 bridgehead atoms. The van der Waals surface area contributed by atoms with E-state index < -0.39 is 0 Å². The molecule has 1 amide bonds. The molecule has 2 heterocycles. The Morgan fingerprint density at radius 3 is 2.85 bits per heavy atom. The fourth-order valence-corrected chi connectivity index (χ4v) is 2.57. The summed E-state index contributed by atoms with van der Waals surface area (Å²) in [6, 6.07) is 1.88. The van der Waals surface area contributed by atoms with Gasteiger partial charge in [0.2, 0.25) is 11.9 Å². The summed E-state index contributed by atoms with van der Waals surface area (Å²) < 4.78 is 0. The summed E-state index contributed by atoms with van der Waals surface area (Å²) in [4.78, 5) is 22.8. The van der Waals surface area contributed by atoms with Gasteiger partial charge in [-0.1, -0.05) is 0 Å². The molecule has 108 valence electrons. The van der Waals surface area contributed by atoms with Crippen LogP contribution in [0.2, 0.25) is 0 Å². The molecule has 5 nitrogen and oxygen atoms in total. The highest BCUT2D eigenvalue weighted by Gasteiger charge is 2.24. The first kappa shape index (κ1) is 13.3. The molecule has 0 atom stereocenters. The zero-order chi connectivity index (χ0) is 13.8. The Labute approximate surface area is 119 Å². The molecule has 1 aromatic heterocycles. The molecule has 1 aliphatic carbocycles. The number of hydrogen-bond donors (Lipinski definition) is 1. The molecule has 3 rings (SSSR count). The van der Waals surface area contributed by atoms with Crippen molar-refractivity contribution in [2.75, 3.05) is 18.0 Å². The second kappa shape index (κ2) is 6.20. The zero-order valence-corrected chi connectivity index (χ0v) is 11.8.